The van der Waals surface area contributed by atoms with E-state index in [9.17, 15) is 0 Å². The Morgan fingerprint density at radius 1 is 0.784 bits per heavy atom. The van der Waals surface area contributed by atoms with Gasteiger partial charge >= 0.3 is 0 Å². The van der Waals surface area contributed by atoms with E-state index in [0.717, 1.165) is 49.3 Å². The third-order valence-corrected chi connectivity index (χ3v) is 10.9. The molecule has 0 unspecified atom stereocenters. The molecule has 0 saturated heterocycles. The summed E-state index contributed by atoms with van der Waals surface area (Å²) in [5.74, 6) is -0.975. The van der Waals surface area contributed by atoms with Crippen molar-refractivity contribution in [1.29, 1.82) is 0 Å². The standard InChI is InChI=1S/C29H22NO.C17H22NSi.Ir/c1-18(2)14-19-12-13-30-27(15-19)24-9-5-8-23-26-16-21-11-10-20-6-3-4-7-22(20)25(21)17-28(26)31-29(23)24;1-13(2)15-11-16(14-9-7-6-8-10-14)18-12-17(15)19(3,4)5;/h3-8,10-13,15-18H,14H2,1-2H3;6-9,11-13H,1-5H3;/q2*-1;/i12D,13D,14D2;13D;. The smallest absolute Gasteiger partial charge is 0.121 e. The Bertz CT molecular complexity index is 2720. The van der Waals surface area contributed by atoms with Crippen molar-refractivity contribution in [3.63, 3.8) is 0 Å². The Morgan fingerprint density at radius 3 is 2.31 bits per heavy atom. The first-order valence-corrected chi connectivity index (χ1v) is 20.6. The topological polar surface area (TPSA) is 38.9 Å². The van der Waals surface area contributed by atoms with E-state index >= 15 is 0 Å². The predicted octanol–water partition coefficient (Wildman–Crippen LogP) is 12.2. The van der Waals surface area contributed by atoms with Crippen LogP contribution in [0.25, 0.3) is 66.0 Å². The van der Waals surface area contributed by atoms with Crippen molar-refractivity contribution in [2.75, 3.05) is 0 Å². The normalized spacial score (nSPS) is 13.6. The SMILES string of the molecule is [2H]C(C)(C)c1cc(-c2[c-]cccc2)ncc1[Si](C)(C)C.[2H]c1nc(-c2[c-]ccc3c2oc2cc4c(ccc5ccccc54)cc23)cc(C([2H])([2H])C(C)C)c1[2H].[Ir]. The van der Waals surface area contributed by atoms with Crippen LogP contribution >= 0.6 is 0 Å². The van der Waals surface area contributed by atoms with Crippen molar-refractivity contribution in [3.05, 3.63) is 139 Å². The summed E-state index contributed by atoms with van der Waals surface area (Å²) in [7, 11) is -1.50. The zero-order chi connectivity index (χ0) is 39.4. The monoisotopic (exact) mass is 866 g/mol. The molecule has 0 aliphatic carbocycles. The van der Waals surface area contributed by atoms with Crippen LogP contribution in [-0.4, -0.2) is 18.0 Å². The molecular weight excluding hydrogens is 817 g/mol. The number of benzene rings is 5. The molecule has 0 atom stereocenters. The van der Waals surface area contributed by atoms with E-state index < -0.39 is 20.3 Å². The van der Waals surface area contributed by atoms with Gasteiger partial charge in [-0.15, -0.1) is 54.1 Å². The molecule has 51 heavy (non-hydrogen) atoms. The second kappa shape index (κ2) is 15.1. The molecule has 3 heterocycles. The number of fused-ring (bicyclic) bond motifs is 6. The van der Waals surface area contributed by atoms with E-state index in [1.54, 1.807) is 26.0 Å². The van der Waals surface area contributed by atoms with Crippen molar-refractivity contribution in [2.45, 2.75) is 59.6 Å². The van der Waals surface area contributed by atoms with Crippen LogP contribution in [0.15, 0.2) is 120 Å². The molecule has 0 bridgehead atoms. The fourth-order valence-electron chi connectivity index (χ4n) is 6.47. The van der Waals surface area contributed by atoms with Crippen LogP contribution in [-0.2, 0) is 26.5 Å². The Balaban J connectivity index is 0.000000217. The van der Waals surface area contributed by atoms with Gasteiger partial charge in [-0.05, 0) is 74.5 Å². The quantitative estimate of drug-likeness (QED) is 0.0949. The van der Waals surface area contributed by atoms with Crippen LogP contribution in [0.2, 0.25) is 19.6 Å². The van der Waals surface area contributed by atoms with E-state index in [-0.39, 0.29) is 43.8 Å². The number of rotatable bonds is 6. The van der Waals surface area contributed by atoms with Crippen molar-refractivity contribution in [2.24, 2.45) is 5.92 Å². The average Bonchev–Trinajstić information content (AvgIpc) is 3.52. The molecule has 5 heteroatoms. The van der Waals surface area contributed by atoms with Gasteiger partial charge in [0, 0.05) is 42.0 Å². The minimum atomic E-state index is -1.77. The number of hydrogen-bond acceptors (Lipinski definition) is 3. The van der Waals surface area contributed by atoms with Gasteiger partial charge in [0.05, 0.1) is 16.4 Å². The molecule has 5 aromatic carbocycles. The molecule has 3 aromatic heterocycles. The van der Waals surface area contributed by atoms with Gasteiger partial charge in [-0.3, -0.25) is 0 Å². The number of pyridine rings is 2. The van der Waals surface area contributed by atoms with Crippen LogP contribution in [0.3, 0.4) is 0 Å². The predicted molar refractivity (Wildman–Crippen MR) is 215 cm³/mol. The van der Waals surface area contributed by atoms with Gasteiger partial charge < -0.3 is 14.4 Å². The maximum Gasteiger partial charge on any atom is 0.121 e. The van der Waals surface area contributed by atoms with Gasteiger partial charge in [-0.2, -0.15) is 0 Å². The first kappa shape index (κ1) is 30.2. The van der Waals surface area contributed by atoms with Gasteiger partial charge in [0.15, 0.2) is 0 Å². The summed E-state index contributed by atoms with van der Waals surface area (Å²) >= 11 is 0. The molecule has 8 aromatic rings. The maximum absolute atomic E-state index is 8.52. The van der Waals surface area contributed by atoms with Crippen molar-refractivity contribution >= 4 is 56.7 Å². The van der Waals surface area contributed by atoms with Crippen LogP contribution < -0.4 is 5.19 Å². The molecule has 0 aliphatic heterocycles. The van der Waals surface area contributed by atoms with Crippen LogP contribution in [0.4, 0.5) is 0 Å². The molecule has 0 N–H and O–H groups in total. The number of aromatic nitrogens is 2. The second-order valence-corrected chi connectivity index (χ2v) is 19.3. The average molecular weight is 866 g/mol. The summed E-state index contributed by atoms with van der Waals surface area (Å²) in [5.41, 5.74) is 5.41. The summed E-state index contributed by atoms with van der Waals surface area (Å²) in [6.07, 6.45) is -0.0557. The summed E-state index contributed by atoms with van der Waals surface area (Å²) in [4.78, 5) is 8.92. The summed E-state index contributed by atoms with van der Waals surface area (Å²) in [6.45, 7) is 14.3. The fourth-order valence-corrected chi connectivity index (χ4v) is 8.05. The Morgan fingerprint density at radius 2 is 1.57 bits per heavy atom. The zero-order valence-electron chi connectivity index (χ0n) is 35.0. The molecule has 0 spiro atoms. The van der Waals surface area contributed by atoms with E-state index in [1.165, 1.54) is 10.6 Å². The molecule has 0 aliphatic rings. The van der Waals surface area contributed by atoms with Crippen molar-refractivity contribution < 1.29 is 31.4 Å². The number of furan rings is 1. The van der Waals surface area contributed by atoms with Gasteiger partial charge in [0.25, 0.3) is 0 Å². The van der Waals surface area contributed by atoms with E-state index in [2.05, 4.69) is 84.2 Å². The molecule has 0 amide bonds. The second-order valence-electron chi connectivity index (χ2n) is 14.3. The van der Waals surface area contributed by atoms with E-state index in [0.29, 0.717) is 16.8 Å². The molecule has 3 nitrogen and oxygen atoms in total. The van der Waals surface area contributed by atoms with Gasteiger partial charge in [-0.1, -0.05) is 118 Å². The largest absolute Gasteiger partial charge is 0.501 e. The molecule has 0 fully saturated rings. The van der Waals surface area contributed by atoms with Gasteiger partial charge in [0.1, 0.15) is 5.58 Å². The molecule has 259 valence electrons. The number of nitrogens with zero attached hydrogens (tertiary/aromatic N) is 2. The zero-order valence-corrected chi connectivity index (χ0v) is 33.4. The van der Waals surface area contributed by atoms with E-state index in [1.807, 2.05) is 62.5 Å². The van der Waals surface area contributed by atoms with E-state index in [4.69, 9.17) is 11.3 Å². The molecule has 1 radical (unpaired) electrons. The third kappa shape index (κ3) is 7.62. The third-order valence-electron chi connectivity index (χ3n) is 8.88. The Labute approximate surface area is 323 Å². The van der Waals surface area contributed by atoms with Crippen molar-refractivity contribution in [3.8, 4) is 22.5 Å². The molecule has 0 saturated carbocycles. The fraction of sp³-hybridized carbons (Fsp3) is 0.217. The van der Waals surface area contributed by atoms with Crippen LogP contribution in [0.5, 0.6) is 0 Å². The summed E-state index contributed by atoms with van der Waals surface area (Å²) in [5, 5.41) is 7.70. The maximum atomic E-state index is 8.52. The molecular formula is C46H44IrN2OSi-2. The van der Waals surface area contributed by atoms with Crippen LogP contribution in [0.1, 0.15) is 51.6 Å². The van der Waals surface area contributed by atoms with Gasteiger partial charge in [0.2, 0.25) is 0 Å². The summed E-state index contributed by atoms with van der Waals surface area (Å²) in [6, 6.07) is 38.2. The minimum absolute atomic E-state index is 0. The Kier molecular flexibility index (Phi) is 8.92. The Hall–Kier alpha value is -4.41. The summed E-state index contributed by atoms with van der Waals surface area (Å²) < 4.78 is 48.4. The minimum Gasteiger partial charge on any atom is -0.501 e. The van der Waals surface area contributed by atoms with Crippen LogP contribution in [0, 0.1) is 18.1 Å². The van der Waals surface area contributed by atoms with Gasteiger partial charge in [-0.25, -0.2) is 0 Å². The first-order chi connectivity index (χ1) is 25.9. The molecule has 8 rings (SSSR count). The van der Waals surface area contributed by atoms with Crippen molar-refractivity contribution in [1.82, 2.24) is 9.97 Å². The first-order valence-electron chi connectivity index (χ1n) is 19.6. The number of hydrogen-bond donors (Lipinski definition) is 0.